The first kappa shape index (κ1) is 24.6. The topological polar surface area (TPSA) is 18.1 Å². The van der Waals surface area contributed by atoms with Crippen molar-refractivity contribution >= 4 is 43.7 Å². The van der Waals surface area contributed by atoms with Crippen molar-refractivity contribution in [2.45, 2.75) is 5.92 Å². The van der Waals surface area contributed by atoms with E-state index in [1.165, 1.54) is 66.4 Å². The third-order valence-electron chi connectivity index (χ3n) is 9.69. The molecule has 0 fully saturated rings. The minimum atomic E-state index is 0.116. The molecule has 210 valence electrons. The van der Waals surface area contributed by atoms with Crippen molar-refractivity contribution < 1.29 is 4.42 Å². The first-order valence-corrected chi connectivity index (χ1v) is 15.6. The fourth-order valence-electron chi connectivity index (χ4n) is 7.72. The molecule has 0 spiro atoms. The molecule has 0 saturated heterocycles. The van der Waals surface area contributed by atoms with E-state index in [9.17, 15) is 0 Å². The van der Waals surface area contributed by atoms with Crippen molar-refractivity contribution in [3.63, 3.8) is 0 Å². The standard InChI is InChI=1S/C43H27NO/c1-2-10-27(11-3-1)28-18-21-30(22-19-28)44-38-16-8-6-12-31(38)36-24-25-37-41(34-14-4-5-15-35(34)42(37)43(36)44)29-20-23-33-32-13-7-9-17-39(32)45-40(33)26-29/h1-26,41H. The van der Waals surface area contributed by atoms with Crippen molar-refractivity contribution in [2.75, 3.05) is 0 Å². The molecule has 2 heterocycles. The van der Waals surface area contributed by atoms with Crippen LogP contribution in [0, 0.1) is 0 Å². The number of hydrogen-bond acceptors (Lipinski definition) is 1. The second-order valence-corrected chi connectivity index (χ2v) is 12.1. The Hall–Kier alpha value is -5.86. The van der Waals surface area contributed by atoms with Crippen molar-refractivity contribution in [3.8, 4) is 27.9 Å². The second kappa shape index (κ2) is 9.32. The van der Waals surface area contributed by atoms with Crippen LogP contribution < -0.4 is 0 Å². The van der Waals surface area contributed by atoms with Gasteiger partial charge in [-0.2, -0.15) is 0 Å². The molecule has 1 atom stereocenters. The van der Waals surface area contributed by atoms with Crippen LogP contribution in [0.5, 0.6) is 0 Å². The number of hydrogen-bond donors (Lipinski definition) is 0. The number of rotatable bonds is 3. The summed E-state index contributed by atoms with van der Waals surface area (Å²) >= 11 is 0. The highest BCUT2D eigenvalue weighted by Gasteiger charge is 2.33. The number of para-hydroxylation sites is 2. The highest BCUT2D eigenvalue weighted by Crippen LogP contribution is 2.52. The predicted molar refractivity (Wildman–Crippen MR) is 186 cm³/mol. The van der Waals surface area contributed by atoms with Crippen molar-refractivity contribution in [1.82, 2.24) is 4.57 Å². The smallest absolute Gasteiger partial charge is 0.135 e. The number of fused-ring (bicyclic) bond motifs is 10. The van der Waals surface area contributed by atoms with Gasteiger partial charge in [0, 0.05) is 38.7 Å². The zero-order valence-corrected chi connectivity index (χ0v) is 24.4. The predicted octanol–water partition coefficient (Wildman–Crippen LogP) is 11.5. The second-order valence-electron chi connectivity index (χ2n) is 12.1. The summed E-state index contributed by atoms with van der Waals surface area (Å²) < 4.78 is 8.83. The molecule has 2 aromatic heterocycles. The molecule has 7 aromatic carbocycles. The first-order chi connectivity index (χ1) is 22.3. The van der Waals surface area contributed by atoms with E-state index < -0.39 is 0 Å². The van der Waals surface area contributed by atoms with Gasteiger partial charge in [0.15, 0.2) is 0 Å². The SMILES string of the molecule is c1ccc(-c2ccc(-n3c4ccccc4c4ccc5c(c43)-c3ccccc3C5c3ccc4c(c3)oc3ccccc34)cc2)cc1. The van der Waals surface area contributed by atoms with Crippen LogP contribution in [0.4, 0.5) is 0 Å². The molecule has 1 aliphatic carbocycles. The largest absolute Gasteiger partial charge is 0.456 e. The minimum Gasteiger partial charge on any atom is -0.456 e. The molecular formula is C43H27NO. The van der Waals surface area contributed by atoms with Gasteiger partial charge in [-0.25, -0.2) is 0 Å². The number of nitrogens with zero attached hydrogens (tertiary/aromatic N) is 1. The van der Waals surface area contributed by atoms with Gasteiger partial charge in [-0.05, 0) is 63.7 Å². The van der Waals surface area contributed by atoms with Gasteiger partial charge in [-0.3, -0.25) is 0 Å². The van der Waals surface area contributed by atoms with E-state index in [4.69, 9.17) is 4.42 Å². The molecule has 1 aliphatic rings. The lowest BCUT2D eigenvalue weighted by Gasteiger charge is -2.15. The summed E-state index contributed by atoms with van der Waals surface area (Å²) in [5, 5.41) is 4.87. The number of benzene rings is 7. The Balaban J connectivity index is 1.23. The summed E-state index contributed by atoms with van der Waals surface area (Å²) in [5.41, 5.74) is 14.5. The Kier molecular flexibility index (Phi) is 5.09. The minimum absolute atomic E-state index is 0.116. The van der Waals surface area contributed by atoms with Crippen molar-refractivity contribution in [1.29, 1.82) is 0 Å². The van der Waals surface area contributed by atoms with Gasteiger partial charge in [0.1, 0.15) is 11.2 Å². The van der Waals surface area contributed by atoms with Crippen LogP contribution in [0.1, 0.15) is 22.6 Å². The van der Waals surface area contributed by atoms with Crippen LogP contribution in [-0.4, -0.2) is 4.57 Å². The Morgan fingerprint density at radius 2 is 1.16 bits per heavy atom. The molecular weight excluding hydrogens is 546 g/mol. The maximum absolute atomic E-state index is 6.35. The van der Waals surface area contributed by atoms with Gasteiger partial charge in [0.2, 0.25) is 0 Å². The maximum atomic E-state index is 6.35. The quantitative estimate of drug-likeness (QED) is 0.206. The fraction of sp³-hybridized carbons (Fsp3) is 0.0233. The lowest BCUT2D eigenvalue weighted by Crippen LogP contribution is -1.99. The molecule has 9 aromatic rings. The molecule has 0 aliphatic heterocycles. The van der Waals surface area contributed by atoms with Crippen LogP contribution in [-0.2, 0) is 0 Å². The molecule has 10 rings (SSSR count). The van der Waals surface area contributed by atoms with Crippen molar-refractivity contribution in [2.24, 2.45) is 0 Å². The zero-order valence-electron chi connectivity index (χ0n) is 24.4. The molecule has 1 unspecified atom stereocenters. The third kappa shape index (κ3) is 3.51. The van der Waals surface area contributed by atoms with Crippen LogP contribution in [0.25, 0.3) is 71.7 Å². The number of furan rings is 1. The zero-order chi connectivity index (χ0) is 29.5. The summed E-state index contributed by atoms with van der Waals surface area (Å²) in [4.78, 5) is 0. The van der Waals surface area contributed by atoms with Gasteiger partial charge in [0.05, 0.1) is 11.0 Å². The van der Waals surface area contributed by atoms with Crippen LogP contribution >= 0.6 is 0 Å². The molecule has 45 heavy (non-hydrogen) atoms. The molecule has 0 N–H and O–H groups in total. The average molecular weight is 574 g/mol. The Bertz CT molecular complexity index is 2580. The van der Waals surface area contributed by atoms with E-state index in [1.54, 1.807) is 0 Å². The van der Waals surface area contributed by atoms with E-state index >= 15 is 0 Å². The van der Waals surface area contributed by atoms with Crippen molar-refractivity contribution in [3.05, 3.63) is 174 Å². The van der Waals surface area contributed by atoms with E-state index in [1.807, 2.05) is 6.07 Å². The molecule has 2 heteroatoms. The Labute approximate surface area is 260 Å². The summed E-state index contributed by atoms with van der Waals surface area (Å²) in [6.07, 6.45) is 0. The maximum Gasteiger partial charge on any atom is 0.135 e. The Morgan fingerprint density at radius 3 is 2.04 bits per heavy atom. The monoisotopic (exact) mass is 573 g/mol. The lowest BCUT2D eigenvalue weighted by molar-refractivity contribution is 0.668. The van der Waals surface area contributed by atoms with Crippen LogP contribution in [0.3, 0.4) is 0 Å². The first-order valence-electron chi connectivity index (χ1n) is 15.6. The Morgan fingerprint density at radius 1 is 0.467 bits per heavy atom. The number of aromatic nitrogens is 1. The summed E-state index contributed by atoms with van der Waals surface area (Å²) in [5.74, 6) is 0.116. The van der Waals surface area contributed by atoms with E-state index in [0.717, 1.165) is 21.9 Å². The van der Waals surface area contributed by atoms with Crippen LogP contribution in [0.2, 0.25) is 0 Å². The van der Waals surface area contributed by atoms with Gasteiger partial charge in [-0.1, -0.05) is 127 Å². The molecule has 0 radical (unpaired) electrons. The van der Waals surface area contributed by atoms with Gasteiger partial charge >= 0.3 is 0 Å². The summed E-state index contributed by atoms with van der Waals surface area (Å²) in [6, 6.07) is 57.2. The molecule has 0 saturated carbocycles. The summed E-state index contributed by atoms with van der Waals surface area (Å²) in [6.45, 7) is 0. The lowest BCUT2D eigenvalue weighted by atomic mass is 9.88. The molecule has 2 nitrogen and oxygen atoms in total. The van der Waals surface area contributed by atoms with E-state index in [-0.39, 0.29) is 5.92 Å². The van der Waals surface area contributed by atoms with Gasteiger partial charge in [-0.15, -0.1) is 0 Å². The van der Waals surface area contributed by atoms with Gasteiger partial charge < -0.3 is 8.98 Å². The third-order valence-corrected chi connectivity index (χ3v) is 9.69. The van der Waals surface area contributed by atoms with Crippen LogP contribution in [0.15, 0.2) is 162 Å². The summed E-state index contributed by atoms with van der Waals surface area (Å²) in [7, 11) is 0. The average Bonchev–Trinajstić information content (AvgIpc) is 3.76. The van der Waals surface area contributed by atoms with E-state index in [2.05, 4.69) is 156 Å². The highest BCUT2D eigenvalue weighted by atomic mass is 16.3. The van der Waals surface area contributed by atoms with Gasteiger partial charge in [0.25, 0.3) is 0 Å². The fourth-order valence-corrected chi connectivity index (χ4v) is 7.72. The molecule has 0 bridgehead atoms. The normalized spacial score (nSPS) is 14.0. The highest BCUT2D eigenvalue weighted by molar-refractivity contribution is 6.15. The molecule has 0 amide bonds. The van der Waals surface area contributed by atoms with E-state index in [0.29, 0.717) is 0 Å².